The minimum Gasteiger partial charge on any atom is -0.264 e. The van der Waals surface area contributed by atoms with E-state index >= 15 is 0 Å². The first kappa shape index (κ1) is 9.94. The van der Waals surface area contributed by atoms with Crippen molar-refractivity contribution in [2.45, 2.75) is 4.90 Å². The predicted octanol–water partition coefficient (Wildman–Crippen LogP) is 1.79. The van der Waals surface area contributed by atoms with Gasteiger partial charge in [0.15, 0.2) is 0 Å². The monoisotopic (exact) mass is 297 g/mol. The van der Waals surface area contributed by atoms with E-state index in [-0.39, 0.29) is 4.90 Å². The molecule has 0 saturated carbocycles. The summed E-state index contributed by atoms with van der Waals surface area (Å²) in [6.07, 6.45) is 0. The molecule has 0 aliphatic rings. The van der Waals surface area contributed by atoms with E-state index in [0.717, 1.165) is 3.57 Å². The van der Waals surface area contributed by atoms with E-state index in [4.69, 9.17) is 0 Å². The Hall–Kier alpha value is -0.140. The molecule has 0 saturated heterocycles. The van der Waals surface area contributed by atoms with Crippen LogP contribution in [0.2, 0.25) is 0 Å². The number of rotatable bonds is 2. The van der Waals surface area contributed by atoms with Gasteiger partial charge < -0.3 is 0 Å². The lowest BCUT2D eigenvalue weighted by Gasteiger charge is -1.99. The van der Waals surface area contributed by atoms with E-state index < -0.39 is 10.1 Å². The van der Waals surface area contributed by atoms with Crippen LogP contribution in [0.4, 0.5) is 0 Å². The lowest BCUT2D eigenvalue weighted by molar-refractivity contribution is 0.438. The summed E-state index contributed by atoms with van der Waals surface area (Å²) in [6, 6.07) is 6.32. The van der Waals surface area contributed by atoms with E-state index in [9.17, 15) is 8.42 Å². The van der Waals surface area contributed by atoms with Gasteiger partial charge in [0.1, 0.15) is 0 Å². The molecular weight excluding hydrogens is 291 g/mol. The zero-order valence-electron chi connectivity index (χ0n) is 6.03. The smallest absolute Gasteiger partial charge is 0.264 e. The Morgan fingerprint density at radius 2 is 1.75 bits per heavy atom. The van der Waals surface area contributed by atoms with Gasteiger partial charge in [-0.3, -0.25) is 4.18 Å². The number of benzene rings is 1. The minimum atomic E-state index is -3.63. The van der Waals surface area contributed by atoms with Gasteiger partial charge in [0.2, 0.25) is 0 Å². The van der Waals surface area contributed by atoms with Gasteiger partial charge in [0, 0.05) is 3.57 Å². The first-order valence-corrected chi connectivity index (χ1v) is 5.49. The minimum absolute atomic E-state index is 0.123. The Labute approximate surface area is 85.0 Å². The van der Waals surface area contributed by atoms with Crippen LogP contribution in [0.1, 0.15) is 0 Å². The molecule has 1 aromatic carbocycles. The van der Waals surface area contributed by atoms with Gasteiger partial charge in [0.25, 0.3) is 10.1 Å². The van der Waals surface area contributed by atoms with E-state index in [1.807, 2.05) is 0 Å². The largest absolute Gasteiger partial charge is 0.297 e. The standard InChI is InChI=1S/C7H6IO3S/c1-11-12(9,10)7-4-2-6(8)3-5-7/h2-5H,1H2. The maximum absolute atomic E-state index is 11.0. The van der Waals surface area contributed by atoms with E-state index in [2.05, 4.69) is 33.9 Å². The summed E-state index contributed by atoms with van der Waals surface area (Å²) in [4.78, 5) is 0.123. The second-order valence-electron chi connectivity index (χ2n) is 2.03. The van der Waals surface area contributed by atoms with Crippen molar-refractivity contribution in [3.8, 4) is 0 Å². The van der Waals surface area contributed by atoms with E-state index in [1.54, 1.807) is 12.1 Å². The topological polar surface area (TPSA) is 43.4 Å². The summed E-state index contributed by atoms with van der Waals surface area (Å²) >= 11 is 2.09. The third kappa shape index (κ3) is 2.18. The van der Waals surface area contributed by atoms with Gasteiger partial charge in [-0.1, -0.05) is 0 Å². The molecule has 0 aliphatic carbocycles. The van der Waals surface area contributed by atoms with Crippen LogP contribution < -0.4 is 0 Å². The molecule has 65 valence electrons. The molecule has 0 aliphatic heterocycles. The highest BCUT2D eigenvalue weighted by atomic mass is 127. The van der Waals surface area contributed by atoms with Crippen LogP contribution >= 0.6 is 22.6 Å². The third-order valence-corrected chi connectivity index (χ3v) is 3.14. The Kier molecular flexibility index (Phi) is 3.08. The van der Waals surface area contributed by atoms with Crippen molar-refractivity contribution in [2.24, 2.45) is 0 Å². The molecule has 0 N–H and O–H groups in total. The van der Waals surface area contributed by atoms with Crippen molar-refractivity contribution in [2.75, 3.05) is 0 Å². The molecule has 0 spiro atoms. The Balaban J connectivity index is 3.14. The fourth-order valence-electron chi connectivity index (χ4n) is 0.669. The Morgan fingerprint density at radius 1 is 1.25 bits per heavy atom. The molecule has 1 aromatic rings. The number of hydrogen-bond acceptors (Lipinski definition) is 3. The van der Waals surface area contributed by atoms with Gasteiger partial charge in [0.05, 0.1) is 12.0 Å². The molecule has 0 fully saturated rings. The highest BCUT2D eigenvalue weighted by Crippen LogP contribution is 2.13. The molecule has 0 unspecified atom stereocenters. The van der Waals surface area contributed by atoms with Crippen molar-refractivity contribution in [1.29, 1.82) is 0 Å². The zero-order chi connectivity index (χ0) is 9.19. The molecule has 1 rings (SSSR count). The van der Waals surface area contributed by atoms with Gasteiger partial charge >= 0.3 is 0 Å². The van der Waals surface area contributed by atoms with Gasteiger partial charge in [-0.2, -0.15) is 8.42 Å². The zero-order valence-corrected chi connectivity index (χ0v) is 9.00. The fourth-order valence-corrected chi connectivity index (χ4v) is 1.63. The summed E-state index contributed by atoms with van der Waals surface area (Å²) in [5.74, 6) is 0. The van der Waals surface area contributed by atoms with Gasteiger partial charge in [-0.05, 0) is 46.9 Å². The van der Waals surface area contributed by atoms with Crippen molar-refractivity contribution in [1.82, 2.24) is 0 Å². The maximum atomic E-state index is 11.0. The van der Waals surface area contributed by atoms with Crippen molar-refractivity contribution in [3.63, 3.8) is 0 Å². The summed E-state index contributed by atoms with van der Waals surface area (Å²) in [5, 5.41) is 0. The average Bonchev–Trinajstić information content (AvgIpc) is 2.05. The van der Waals surface area contributed by atoms with E-state index in [0.29, 0.717) is 0 Å². The highest BCUT2D eigenvalue weighted by molar-refractivity contribution is 14.1. The molecule has 1 radical (unpaired) electrons. The van der Waals surface area contributed by atoms with Crippen LogP contribution in [-0.2, 0) is 14.3 Å². The summed E-state index contributed by atoms with van der Waals surface area (Å²) in [7, 11) is -0.763. The summed E-state index contributed by atoms with van der Waals surface area (Å²) in [6.45, 7) is 0. The Bertz CT molecular complexity index is 355. The number of hydrogen-bond donors (Lipinski definition) is 0. The van der Waals surface area contributed by atoms with Crippen molar-refractivity contribution in [3.05, 3.63) is 34.9 Å². The molecule has 0 aromatic heterocycles. The fraction of sp³-hybridized carbons (Fsp3) is 0. The quantitative estimate of drug-likeness (QED) is 0.617. The Morgan fingerprint density at radius 3 is 2.17 bits per heavy atom. The normalized spacial score (nSPS) is 11.5. The third-order valence-electron chi connectivity index (χ3n) is 1.26. The first-order valence-electron chi connectivity index (χ1n) is 3.00. The molecular formula is C7H6IO3S. The molecule has 12 heavy (non-hydrogen) atoms. The predicted molar refractivity (Wildman–Crippen MR) is 52.8 cm³/mol. The SMILES string of the molecule is [CH2]OS(=O)(=O)c1ccc(I)cc1. The molecule has 3 nitrogen and oxygen atoms in total. The lowest BCUT2D eigenvalue weighted by atomic mass is 10.4. The lowest BCUT2D eigenvalue weighted by Crippen LogP contribution is -2.00. The van der Waals surface area contributed by atoms with Crippen LogP contribution in [-0.4, -0.2) is 8.42 Å². The van der Waals surface area contributed by atoms with Crippen LogP contribution in [0.15, 0.2) is 29.2 Å². The first-order chi connectivity index (χ1) is 5.56. The average molecular weight is 297 g/mol. The summed E-state index contributed by atoms with van der Waals surface area (Å²) < 4.78 is 27.1. The van der Waals surface area contributed by atoms with Crippen LogP contribution in [0.5, 0.6) is 0 Å². The molecule has 0 amide bonds. The van der Waals surface area contributed by atoms with Crippen molar-refractivity contribution < 1.29 is 12.6 Å². The van der Waals surface area contributed by atoms with Crippen molar-refractivity contribution >= 4 is 32.7 Å². The molecule has 5 heteroatoms. The van der Waals surface area contributed by atoms with E-state index in [1.165, 1.54) is 12.1 Å². The molecule has 0 atom stereocenters. The number of halogens is 1. The molecule has 0 heterocycles. The van der Waals surface area contributed by atoms with Gasteiger partial charge in [-0.15, -0.1) is 0 Å². The second kappa shape index (κ2) is 3.71. The van der Waals surface area contributed by atoms with Crippen LogP contribution in [0, 0.1) is 10.7 Å². The summed E-state index contributed by atoms with van der Waals surface area (Å²) in [5.41, 5.74) is 0. The highest BCUT2D eigenvalue weighted by Gasteiger charge is 2.11. The van der Waals surface area contributed by atoms with Crippen LogP contribution in [0.3, 0.4) is 0 Å². The second-order valence-corrected chi connectivity index (χ2v) is 4.89. The van der Waals surface area contributed by atoms with Crippen LogP contribution in [0.25, 0.3) is 0 Å². The maximum Gasteiger partial charge on any atom is 0.297 e. The van der Waals surface area contributed by atoms with Gasteiger partial charge in [-0.25, -0.2) is 0 Å². The molecule has 0 bridgehead atoms.